The van der Waals surface area contributed by atoms with Crippen LogP contribution in [0.15, 0.2) is 0 Å². The molecule has 3 saturated carbocycles. The number of rotatable bonds is 6. The van der Waals surface area contributed by atoms with Crippen LogP contribution in [-0.2, 0) is 14.3 Å². The number of ether oxygens (including phenoxy) is 2. The molecule has 1 spiro atoms. The Bertz CT molecular complexity index is 720. The second kappa shape index (κ2) is 7.66. The minimum atomic E-state index is -0.784. The number of likely N-dealkylation sites (tertiary alicyclic amines) is 1. The maximum Gasteiger partial charge on any atom is 0.320 e. The first-order valence-electron chi connectivity index (χ1n) is 12.4. The van der Waals surface area contributed by atoms with Gasteiger partial charge in [-0.1, -0.05) is 20.3 Å². The zero-order chi connectivity index (χ0) is 22.1. The van der Waals surface area contributed by atoms with E-state index in [2.05, 4.69) is 17.3 Å². The highest BCUT2D eigenvalue weighted by molar-refractivity contribution is 5.73. The van der Waals surface area contributed by atoms with E-state index in [9.17, 15) is 15.0 Å². The second-order valence-corrected chi connectivity index (χ2v) is 11.1. The van der Waals surface area contributed by atoms with E-state index in [1.165, 1.54) is 0 Å². The Morgan fingerprint density at radius 2 is 2.10 bits per heavy atom. The van der Waals surface area contributed by atoms with Gasteiger partial charge >= 0.3 is 5.97 Å². The summed E-state index contributed by atoms with van der Waals surface area (Å²) in [6.45, 7) is 5.05. The molecule has 5 rings (SSSR count). The van der Waals surface area contributed by atoms with Gasteiger partial charge in [-0.25, -0.2) is 0 Å². The molecule has 2 saturated heterocycles. The molecule has 7 nitrogen and oxygen atoms in total. The summed E-state index contributed by atoms with van der Waals surface area (Å²) in [5.41, 5.74) is -0.451. The van der Waals surface area contributed by atoms with Crippen molar-refractivity contribution in [1.29, 1.82) is 0 Å². The van der Waals surface area contributed by atoms with Crippen molar-refractivity contribution in [3.8, 4) is 0 Å². The van der Waals surface area contributed by atoms with Gasteiger partial charge in [0.2, 0.25) is 0 Å². The van der Waals surface area contributed by atoms with Crippen LogP contribution in [-0.4, -0.2) is 83.8 Å². The molecule has 5 unspecified atom stereocenters. The third-order valence-corrected chi connectivity index (χ3v) is 10.2. The Kier molecular flexibility index (Phi) is 5.45. The van der Waals surface area contributed by atoms with Crippen molar-refractivity contribution in [1.82, 2.24) is 10.2 Å². The fourth-order valence-electron chi connectivity index (χ4n) is 8.67. The number of carbonyl (C=O) groups is 1. The summed E-state index contributed by atoms with van der Waals surface area (Å²) >= 11 is 0. The van der Waals surface area contributed by atoms with Gasteiger partial charge in [-0.2, -0.15) is 0 Å². The maximum atomic E-state index is 12.1. The molecule has 2 bridgehead atoms. The zero-order valence-corrected chi connectivity index (χ0v) is 19.4. The first-order chi connectivity index (χ1) is 14.8. The number of aliphatic hydroxyl groups is 1. The van der Waals surface area contributed by atoms with Crippen LogP contribution in [0.3, 0.4) is 0 Å². The van der Waals surface area contributed by atoms with Gasteiger partial charge in [0.05, 0.1) is 23.9 Å². The molecule has 7 heteroatoms. The van der Waals surface area contributed by atoms with E-state index >= 15 is 0 Å². The lowest BCUT2D eigenvalue weighted by Crippen LogP contribution is -2.78. The molecule has 3 aliphatic carbocycles. The Labute approximate surface area is 185 Å². The molecule has 0 aromatic rings. The van der Waals surface area contributed by atoms with Crippen LogP contribution in [0.4, 0.5) is 0 Å². The first-order valence-corrected chi connectivity index (χ1v) is 12.4. The average Bonchev–Trinajstić information content (AvgIpc) is 3.12. The highest BCUT2D eigenvalue weighted by Crippen LogP contribution is 2.70. The summed E-state index contributed by atoms with van der Waals surface area (Å²) in [4.78, 5) is 14.6. The van der Waals surface area contributed by atoms with Crippen molar-refractivity contribution in [3.05, 3.63) is 0 Å². The van der Waals surface area contributed by atoms with Crippen LogP contribution in [0.2, 0.25) is 0 Å². The predicted octanol–water partition coefficient (Wildman–Crippen LogP) is 1.87. The molecule has 176 valence electrons. The van der Waals surface area contributed by atoms with Gasteiger partial charge in [0.25, 0.3) is 0 Å². The molecular weight excluding hydrogens is 396 g/mol. The molecule has 0 aromatic carbocycles. The third kappa shape index (κ3) is 2.79. The number of aliphatic hydroxyl groups excluding tert-OH is 1. The van der Waals surface area contributed by atoms with Gasteiger partial charge < -0.3 is 24.6 Å². The zero-order valence-electron chi connectivity index (χ0n) is 19.4. The monoisotopic (exact) mass is 436 g/mol. The van der Waals surface area contributed by atoms with Gasteiger partial charge in [0, 0.05) is 30.5 Å². The fourth-order valence-corrected chi connectivity index (χ4v) is 8.67. The Hall–Kier alpha value is -0.730. The summed E-state index contributed by atoms with van der Waals surface area (Å²) in [5.74, 6) is 0.0945. The normalized spacial score (nSPS) is 50.5. The molecule has 5 fully saturated rings. The predicted molar refractivity (Wildman–Crippen MR) is 116 cm³/mol. The van der Waals surface area contributed by atoms with Crippen LogP contribution in [0.5, 0.6) is 0 Å². The van der Waals surface area contributed by atoms with Gasteiger partial charge in [0.15, 0.2) is 0 Å². The molecule has 0 aromatic heterocycles. The third-order valence-electron chi connectivity index (χ3n) is 10.2. The largest absolute Gasteiger partial charge is 0.480 e. The molecule has 2 aliphatic heterocycles. The van der Waals surface area contributed by atoms with Crippen LogP contribution in [0, 0.1) is 23.2 Å². The highest BCUT2D eigenvalue weighted by atomic mass is 16.5. The summed E-state index contributed by atoms with van der Waals surface area (Å²) in [6, 6.07) is -0.253. The van der Waals surface area contributed by atoms with Crippen molar-refractivity contribution in [2.45, 2.75) is 101 Å². The number of carboxylic acids is 1. The molecule has 31 heavy (non-hydrogen) atoms. The summed E-state index contributed by atoms with van der Waals surface area (Å²) < 4.78 is 13.3. The van der Waals surface area contributed by atoms with E-state index in [0.717, 1.165) is 51.5 Å². The van der Waals surface area contributed by atoms with Crippen molar-refractivity contribution in [2.75, 3.05) is 20.7 Å². The number of nitrogens with zero attached hydrogens (tertiary/aromatic N) is 1. The first kappa shape index (κ1) is 22.1. The topological polar surface area (TPSA) is 91.3 Å². The number of piperidine rings is 1. The highest BCUT2D eigenvalue weighted by Gasteiger charge is 2.78. The lowest BCUT2D eigenvalue weighted by molar-refractivity contribution is -0.269. The smallest absolute Gasteiger partial charge is 0.320 e. The lowest BCUT2D eigenvalue weighted by Gasteiger charge is -2.69. The molecule has 0 amide bonds. The standard InChI is InChI=1S/C24H40N2O5/c1-5-13(2)19(22(28)29)25-15-8-9-24(30-4)17-12-14-6-7-16(27)20-18(14)23(24,21(15)31-20)10-11-26(17)3/h13-21,25,27H,5-12H2,1-4H3,(H,28,29)/t13-,14?,15+,16?,17?,18?,19-,20?,21-,23-,24+/m0/s1. The minimum absolute atomic E-state index is 0.0287. The lowest BCUT2D eigenvalue weighted by atomic mass is 9.42. The number of likely N-dealkylation sites (N-methyl/N-ethyl adjacent to an activating group) is 1. The molecule has 11 atom stereocenters. The van der Waals surface area contributed by atoms with Crippen LogP contribution < -0.4 is 5.32 Å². The quantitative estimate of drug-likeness (QED) is 0.586. The van der Waals surface area contributed by atoms with E-state index in [4.69, 9.17) is 9.47 Å². The van der Waals surface area contributed by atoms with E-state index in [0.29, 0.717) is 17.9 Å². The van der Waals surface area contributed by atoms with E-state index < -0.39 is 18.1 Å². The maximum absolute atomic E-state index is 12.1. The van der Waals surface area contributed by atoms with E-state index in [1.54, 1.807) is 0 Å². The van der Waals surface area contributed by atoms with Crippen LogP contribution >= 0.6 is 0 Å². The van der Waals surface area contributed by atoms with Crippen molar-refractivity contribution >= 4 is 5.97 Å². The second-order valence-electron chi connectivity index (χ2n) is 11.1. The number of aliphatic carboxylic acids is 1. The van der Waals surface area contributed by atoms with Gasteiger partial charge in [0.1, 0.15) is 6.04 Å². The van der Waals surface area contributed by atoms with Crippen molar-refractivity contribution in [3.63, 3.8) is 0 Å². The van der Waals surface area contributed by atoms with Gasteiger partial charge in [-0.3, -0.25) is 10.1 Å². The molecule has 5 aliphatic rings. The van der Waals surface area contributed by atoms with Gasteiger partial charge in [-0.05, 0) is 64.0 Å². The molecule has 3 N–H and O–H groups in total. The van der Waals surface area contributed by atoms with E-state index in [1.807, 2.05) is 21.0 Å². The van der Waals surface area contributed by atoms with Crippen molar-refractivity contribution in [2.24, 2.45) is 23.2 Å². The summed E-state index contributed by atoms with van der Waals surface area (Å²) in [6.07, 6.45) is 5.80. The van der Waals surface area contributed by atoms with Gasteiger partial charge in [-0.15, -0.1) is 0 Å². The van der Waals surface area contributed by atoms with Crippen LogP contribution in [0.25, 0.3) is 0 Å². The van der Waals surface area contributed by atoms with Crippen LogP contribution in [0.1, 0.15) is 58.8 Å². The minimum Gasteiger partial charge on any atom is -0.480 e. The fraction of sp³-hybridized carbons (Fsp3) is 0.958. The SMILES string of the molecule is CC[C@H](C)[C@H](N[C@@H]1CC[C@@]2(OC)C3CC4CCC(O)C5O[C@@H]1[C@]2(CCN3C)C45)C(=O)O. The number of nitrogens with one attached hydrogen (secondary N) is 1. The number of methoxy groups -OCH3 is 1. The number of hydrogen-bond donors (Lipinski definition) is 3. The Balaban J connectivity index is 1.57. The molecule has 0 radical (unpaired) electrons. The number of carboxylic acid groups (broad SMARTS) is 1. The van der Waals surface area contributed by atoms with E-state index in [-0.39, 0.29) is 35.2 Å². The average molecular weight is 437 g/mol. The summed E-state index contributed by atoms with van der Waals surface area (Å²) in [7, 11) is 4.09. The summed E-state index contributed by atoms with van der Waals surface area (Å²) in [5, 5.41) is 24.4. The number of hydrogen-bond acceptors (Lipinski definition) is 6. The molecule has 2 heterocycles. The molecular formula is C24H40N2O5. The Morgan fingerprint density at radius 3 is 2.77 bits per heavy atom. The Morgan fingerprint density at radius 1 is 1.32 bits per heavy atom. The van der Waals surface area contributed by atoms with Crippen molar-refractivity contribution < 1.29 is 24.5 Å².